The molecule has 2 fully saturated rings. The number of piperazine rings is 1. The standard InChI is InChI=1S/C17H27N5O/c1-20-9-5-15(6-10-20)3-4-16(23)21-11-13-22(14-12-21)17-18-7-2-8-19-17/h2,7-8,15H,3-6,9-14H2,1H3. The minimum absolute atomic E-state index is 0.317. The molecule has 3 rings (SSSR count). The largest absolute Gasteiger partial charge is 0.339 e. The van der Waals surface area contributed by atoms with Crippen LogP contribution >= 0.6 is 0 Å². The highest BCUT2D eigenvalue weighted by molar-refractivity contribution is 5.76. The van der Waals surface area contributed by atoms with E-state index in [-0.39, 0.29) is 0 Å². The summed E-state index contributed by atoms with van der Waals surface area (Å²) in [4.78, 5) is 27.5. The van der Waals surface area contributed by atoms with Crippen molar-refractivity contribution in [3.05, 3.63) is 18.5 Å². The average molecular weight is 317 g/mol. The molecule has 0 saturated carbocycles. The number of piperidine rings is 1. The number of rotatable bonds is 4. The highest BCUT2D eigenvalue weighted by Crippen LogP contribution is 2.21. The summed E-state index contributed by atoms with van der Waals surface area (Å²) >= 11 is 0. The lowest BCUT2D eigenvalue weighted by molar-refractivity contribution is -0.131. The number of amides is 1. The highest BCUT2D eigenvalue weighted by atomic mass is 16.2. The summed E-state index contributed by atoms with van der Waals surface area (Å²) in [5, 5.41) is 0. The van der Waals surface area contributed by atoms with Crippen molar-refractivity contribution in [2.75, 3.05) is 51.2 Å². The third-order valence-electron chi connectivity index (χ3n) is 5.07. The molecule has 0 N–H and O–H groups in total. The zero-order chi connectivity index (χ0) is 16.1. The molecule has 3 heterocycles. The van der Waals surface area contributed by atoms with Crippen molar-refractivity contribution in [1.29, 1.82) is 0 Å². The summed E-state index contributed by atoms with van der Waals surface area (Å²) in [5.41, 5.74) is 0. The van der Waals surface area contributed by atoms with E-state index in [2.05, 4.69) is 26.8 Å². The van der Waals surface area contributed by atoms with Gasteiger partial charge < -0.3 is 14.7 Å². The molecule has 0 spiro atoms. The van der Waals surface area contributed by atoms with Gasteiger partial charge in [0.25, 0.3) is 0 Å². The van der Waals surface area contributed by atoms with Crippen molar-refractivity contribution in [3.63, 3.8) is 0 Å². The maximum Gasteiger partial charge on any atom is 0.225 e. The summed E-state index contributed by atoms with van der Waals surface area (Å²) in [6.45, 7) is 5.56. The quantitative estimate of drug-likeness (QED) is 0.836. The first-order valence-corrected chi connectivity index (χ1v) is 8.70. The molecule has 0 bridgehead atoms. The molecule has 126 valence electrons. The number of nitrogens with zero attached hydrogens (tertiary/aromatic N) is 5. The van der Waals surface area contributed by atoms with Crippen LogP contribution in [0.25, 0.3) is 0 Å². The van der Waals surface area contributed by atoms with Gasteiger partial charge in [0.15, 0.2) is 0 Å². The zero-order valence-electron chi connectivity index (χ0n) is 14.0. The van der Waals surface area contributed by atoms with Gasteiger partial charge in [-0.1, -0.05) is 0 Å². The van der Waals surface area contributed by atoms with E-state index in [1.165, 1.54) is 25.9 Å². The number of hydrogen-bond acceptors (Lipinski definition) is 5. The Balaban J connectivity index is 1.40. The predicted octanol–water partition coefficient (Wildman–Crippen LogP) is 1.25. The Morgan fingerprint density at radius 2 is 1.74 bits per heavy atom. The van der Waals surface area contributed by atoms with Gasteiger partial charge in [-0.25, -0.2) is 9.97 Å². The Morgan fingerprint density at radius 1 is 1.09 bits per heavy atom. The second-order valence-electron chi connectivity index (χ2n) is 6.70. The van der Waals surface area contributed by atoms with Crippen molar-refractivity contribution >= 4 is 11.9 Å². The van der Waals surface area contributed by atoms with Gasteiger partial charge in [-0.3, -0.25) is 4.79 Å². The highest BCUT2D eigenvalue weighted by Gasteiger charge is 2.24. The molecule has 2 saturated heterocycles. The number of carbonyl (C=O) groups is 1. The monoisotopic (exact) mass is 317 g/mol. The molecule has 0 radical (unpaired) electrons. The summed E-state index contributed by atoms with van der Waals surface area (Å²) in [7, 11) is 2.18. The van der Waals surface area contributed by atoms with Crippen LogP contribution in [0.5, 0.6) is 0 Å². The Bertz CT molecular complexity index is 493. The van der Waals surface area contributed by atoms with Crippen LogP contribution in [0.2, 0.25) is 0 Å². The predicted molar refractivity (Wildman–Crippen MR) is 90.3 cm³/mol. The summed E-state index contributed by atoms with van der Waals surface area (Å²) < 4.78 is 0. The topological polar surface area (TPSA) is 52.6 Å². The van der Waals surface area contributed by atoms with Gasteiger partial charge in [-0.15, -0.1) is 0 Å². The molecule has 1 aromatic heterocycles. The van der Waals surface area contributed by atoms with Crippen LogP contribution in [0.3, 0.4) is 0 Å². The number of aromatic nitrogens is 2. The fourth-order valence-corrected chi connectivity index (χ4v) is 3.45. The van der Waals surface area contributed by atoms with Crippen LogP contribution in [0.15, 0.2) is 18.5 Å². The molecular weight excluding hydrogens is 290 g/mol. The molecule has 2 aliphatic heterocycles. The molecule has 0 aliphatic carbocycles. The second-order valence-corrected chi connectivity index (χ2v) is 6.70. The van der Waals surface area contributed by atoms with Gasteiger partial charge in [0.05, 0.1) is 0 Å². The van der Waals surface area contributed by atoms with Gasteiger partial charge in [0, 0.05) is 45.0 Å². The van der Waals surface area contributed by atoms with E-state index >= 15 is 0 Å². The van der Waals surface area contributed by atoms with Gasteiger partial charge >= 0.3 is 0 Å². The first kappa shape index (κ1) is 16.2. The molecule has 6 nitrogen and oxygen atoms in total. The summed E-state index contributed by atoms with van der Waals surface area (Å²) in [5.74, 6) is 1.82. The van der Waals surface area contributed by atoms with E-state index in [9.17, 15) is 4.79 Å². The van der Waals surface area contributed by atoms with Crippen molar-refractivity contribution < 1.29 is 4.79 Å². The van der Waals surface area contributed by atoms with E-state index in [1.807, 2.05) is 11.0 Å². The SMILES string of the molecule is CN1CCC(CCC(=O)N2CCN(c3ncccn3)CC2)CC1. The van der Waals surface area contributed by atoms with E-state index in [0.717, 1.165) is 44.5 Å². The lowest BCUT2D eigenvalue weighted by Gasteiger charge is -2.35. The van der Waals surface area contributed by atoms with Crippen LogP contribution in [-0.4, -0.2) is 72.0 Å². The van der Waals surface area contributed by atoms with Crippen molar-refractivity contribution in [2.24, 2.45) is 5.92 Å². The van der Waals surface area contributed by atoms with Crippen LogP contribution < -0.4 is 4.90 Å². The van der Waals surface area contributed by atoms with Gasteiger partial charge in [-0.05, 0) is 51.4 Å². The Morgan fingerprint density at radius 3 is 2.39 bits per heavy atom. The summed E-state index contributed by atoms with van der Waals surface area (Å²) in [6.07, 6.45) is 7.76. The molecule has 0 aromatic carbocycles. The smallest absolute Gasteiger partial charge is 0.225 e. The van der Waals surface area contributed by atoms with Crippen LogP contribution in [0.4, 0.5) is 5.95 Å². The Hall–Kier alpha value is -1.69. The normalized spacial score (nSPS) is 20.7. The maximum atomic E-state index is 12.4. The molecule has 1 amide bonds. The first-order valence-electron chi connectivity index (χ1n) is 8.70. The van der Waals surface area contributed by atoms with Crippen molar-refractivity contribution in [3.8, 4) is 0 Å². The molecule has 0 atom stereocenters. The Kier molecular flexibility index (Phi) is 5.43. The number of hydrogen-bond donors (Lipinski definition) is 0. The number of anilines is 1. The molecular formula is C17H27N5O. The second kappa shape index (κ2) is 7.73. The van der Waals surface area contributed by atoms with Crippen molar-refractivity contribution in [1.82, 2.24) is 19.8 Å². The lowest BCUT2D eigenvalue weighted by Crippen LogP contribution is -2.49. The number of carbonyl (C=O) groups excluding carboxylic acids is 1. The molecule has 2 aliphatic rings. The minimum Gasteiger partial charge on any atom is -0.339 e. The lowest BCUT2D eigenvalue weighted by atomic mass is 9.92. The van der Waals surface area contributed by atoms with Crippen molar-refractivity contribution in [2.45, 2.75) is 25.7 Å². The third kappa shape index (κ3) is 4.41. The van der Waals surface area contributed by atoms with E-state index < -0.39 is 0 Å². The van der Waals surface area contributed by atoms with E-state index in [0.29, 0.717) is 12.3 Å². The zero-order valence-corrected chi connectivity index (χ0v) is 14.0. The third-order valence-corrected chi connectivity index (χ3v) is 5.07. The van der Waals surface area contributed by atoms with Crippen LogP contribution in [0, 0.1) is 5.92 Å². The van der Waals surface area contributed by atoms with Crippen LogP contribution in [0.1, 0.15) is 25.7 Å². The fraction of sp³-hybridized carbons (Fsp3) is 0.706. The van der Waals surface area contributed by atoms with E-state index in [1.54, 1.807) is 12.4 Å². The molecule has 1 aromatic rings. The Labute approximate surface area is 138 Å². The van der Waals surface area contributed by atoms with E-state index in [4.69, 9.17) is 0 Å². The molecule has 23 heavy (non-hydrogen) atoms. The molecule has 6 heteroatoms. The van der Waals surface area contributed by atoms with Gasteiger partial charge in [-0.2, -0.15) is 0 Å². The maximum absolute atomic E-state index is 12.4. The summed E-state index contributed by atoms with van der Waals surface area (Å²) in [6, 6.07) is 1.83. The first-order chi connectivity index (χ1) is 11.2. The van der Waals surface area contributed by atoms with Gasteiger partial charge in [0.1, 0.15) is 0 Å². The minimum atomic E-state index is 0.317. The fourth-order valence-electron chi connectivity index (χ4n) is 3.45. The molecule has 0 unspecified atom stereocenters. The van der Waals surface area contributed by atoms with Crippen LogP contribution in [-0.2, 0) is 4.79 Å². The van der Waals surface area contributed by atoms with Gasteiger partial charge in [0.2, 0.25) is 11.9 Å². The average Bonchev–Trinajstić information content (AvgIpc) is 2.62. The number of likely N-dealkylation sites (tertiary alicyclic amines) is 1.